The van der Waals surface area contributed by atoms with Crippen LogP contribution in [0.1, 0.15) is 18.4 Å². The smallest absolute Gasteiger partial charge is 0.250 e. The van der Waals surface area contributed by atoms with Crippen LogP contribution in [0.2, 0.25) is 0 Å². The molecule has 0 aromatic heterocycles. The summed E-state index contributed by atoms with van der Waals surface area (Å²) in [5.41, 5.74) is -0.0718. The second-order valence-corrected chi connectivity index (χ2v) is 8.87. The van der Waals surface area contributed by atoms with Crippen LogP contribution in [0.25, 0.3) is 0 Å². The van der Waals surface area contributed by atoms with Crippen molar-refractivity contribution in [3.8, 4) is 11.5 Å². The van der Waals surface area contributed by atoms with Crippen molar-refractivity contribution >= 4 is 29.1 Å². The molecule has 5 aliphatic rings. The first-order valence-electron chi connectivity index (χ1n) is 10.7. The molecule has 32 heavy (non-hydrogen) atoms. The Morgan fingerprint density at radius 2 is 1.88 bits per heavy atom. The highest BCUT2D eigenvalue weighted by Crippen LogP contribution is 2.60. The quantitative estimate of drug-likeness (QED) is 0.690. The number of anilines is 2. The van der Waals surface area contributed by atoms with Gasteiger partial charge < -0.3 is 14.8 Å². The monoisotopic (exact) mass is 435 g/mol. The van der Waals surface area contributed by atoms with Gasteiger partial charge in [-0.25, -0.2) is 9.29 Å². The lowest BCUT2D eigenvalue weighted by Gasteiger charge is -2.36. The molecule has 9 heteroatoms. The lowest BCUT2D eigenvalue weighted by Crippen LogP contribution is -2.54. The van der Waals surface area contributed by atoms with E-state index >= 15 is 0 Å². The van der Waals surface area contributed by atoms with Gasteiger partial charge in [0.25, 0.3) is 0 Å². The van der Waals surface area contributed by atoms with Crippen molar-refractivity contribution < 1.29 is 28.2 Å². The molecule has 0 aliphatic carbocycles. The van der Waals surface area contributed by atoms with E-state index in [-0.39, 0.29) is 24.6 Å². The largest absolute Gasteiger partial charge is 0.454 e. The maximum Gasteiger partial charge on any atom is 0.250 e. The molecule has 1 N–H and O–H groups in total. The first-order valence-corrected chi connectivity index (χ1v) is 10.7. The van der Waals surface area contributed by atoms with Gasteiger partial charge in [-0.1, -0.05) is 0 Å². The fraction of sp³-hybridized carbons (Fsp3) is 0.348. The maximum absolute atomic E-state index is 14.3. The molecule has 0 radical (unpaired) electrons. The Kier molecular flexibility index (Phi) is 3.32. The van der Waals surface area contributed by atoms with Crippen molar-refractivity contribution in [2.45, 2.75) is 24.4 Å². The number of nitrogens with zero attached hydrogens (tertiary/aromatic N) is 2. The van der Waals surface area contributed by atoms with E-state index in [4.69, 9.17) is 9.47 Å². The van der Waals surface area contributed by atoms with Gasteiger partial charge in [-0.2, -0.15) is 0 Å². The van der Waals surface area contributed by atoms with E-state index in [1.54, 1.807) is 18.2 Å². The molecule has 0 saturated carbocycles. The predicted molar refractivity (Wildman–Crippen MR) is 108 cm³/mol. The molecule has 4 atom stereocenters. The molecule has 8 nitrogen and oxygen atoms in total. The molecule has 0 unspecified atom stereocenters. The summed E-state index contributed by atoms with van der Waals surface area (Å²) in [7, 11) is 0. The van der Waals surface area contributed by atoms with Gasteiger partial charge in [0.05, 0.1) is 17.5 Å². The van der Waals surface area contributed by atoms with Crippen molar-refractivity contribution in [1.29, 1.82) is 0 Å². The van der Waals surface area contributed by atoms with Crippen LogP contribution in [0, 0.1) is 17.7 Å². The van der Waals surface area contributed by atoms with Gasteiger partial charge in [0.1, 0.15) is 11.4 Å². The van der Waals surface area contributed by atoms with E-state index in [9.17, 15) is 18.8 Å². The fourth-order valence-corrected chi connectivity index (χ4v) is 6.45. The van der Waals surface area contributed by atoms with Crippen molar-refractivity contribution in [3.63, 3.8) is 0 Å². The first-order chi connectivity index (χ1) is 15.5. The summed E-state index contributed by atoms with van der Waals surface area (Å²) in [5.74, 6) is -2.21. The van der Waals surface area contributed by atoms with Crippen molar-refractivity contribution in [1.82, 2.24) is 4.90 Å². The fourth-order valence-electron chi connectivity index (χ4n) is 6.45. The molecule has 2 aromatic rings. The van der Waals surface area contributed by atoms with Gasteiger partial charge in [0, 0.05) is 23.4 Å². The van der Waals surface area contributed by atoms with Crippen LogP contribution in [-0.4, -0.2) is 42.0 Å². The number of halogens is 1. The second kappa shape index (κ2) is 5.86. The number of imide groups is 1. The molecule has 0 bridgehead atoms. The summed E-state index contributed by atoms with van der Waals surface area (Å²) in [5, 5.41) is 2.84. The number of amides is 3. The van der Waals surface area contributed by atoms with Crippen molar-refractivity contribution in [2.24, 2.45) is 11.8 Å². The SMILES string of the molecule is O=C1[C@@H]2[C@H]3CCCN3[C@@]3(C(=O)Nc4ccc(F)cc43)[C@@H]2C(=O)N1c1ccc2c(c1)OCO2. The zero-order chi connectivity index (χ0) is 21.8. The molecule has 5 aliphatic heterocycles. The summed E-state index contributed by atoms with van der Waals surface area (Å²) >= 11 is 0. The van der Waals surface area contributed by atoms with E-state index in [1.807, 2.05) is 4.90 Å². The molecule has 3 saturated heterocycles. The maximum atomic E-state index is 14.3. The first kappa shape index (κ1) is 18.1. The molecular weight excluding hydrogens is 417 g/mol. The Hall–Kier alpha value is -3.46. The highest BCUT2D eigenvalue weighted by molar-refractivity contribution is 6.26. The van der Waals surface area contributed by atoms with E-state index in [2.05, 4.69) is 5.32 Å². The van der Waals surface area contributed by atoms with Gasteiger partial charge in [-0.15, -0.1) is 0 Å². The summed E-state index contributed by atoms with van der Waals surface area (Å²) in [6, 6.07) is 8.80. The standard InChI is InChI=1S/C23H18FN3O5/c24-11-3-5-14-13(8-11)23(22(30)25-14)19-18(15-2-1-7-26(15)23)20(28)27(21(19)29)12-4-6-16-17(9-12)32-10-31-16/h3-6,8-9,15,18-19H,1-2,7,10H2,(H,25,30)/t15-,18-,19+,23-/m1/s1. The highest BCUT2D eigenvalue weighted by atomic mass is 19.1. The van der Waals surface area contributed by atoms with Gasteiger partial charge in [-0.3, -0.25) is 19.3 Å². The van der Waals surface area contributed by atoms with Crippen molar-refractivity contribution in [3.05, 3.63) is 47.8 Å². The zero-order valence-electron chi connectivity index (χ0n) is 16.8. The van der Waals surface area contributed by atoms with E-state index < -0.39 is 29.1 Å². The third kappa shape index (κ3) is 1.94. The average Bonchev–Trinajstić information content (AvgIpc) is 3.55. The van der Waals surface area contributed by atoms with Crippen LogP contribution in [0.5, 0.6) is 11.5 Å². The van der Waals surface area contributed by atoms with Crippen LogP contribution in [0.4, 0.5) is 15.8 Å². The number of hydrogen-bond acceptors (Lipinski definition) is 6. The Morgan fingerprint density at radius 3 is 2.75 bits per heavy atom. The van der Waals surface area contributed by atoms with Crippen LogP contribution in [0.3, 0.4) is 0 Å². The summed E-state index contributed by atoms with van der Waals surface area (Å²) in [6.07, 6.45) is 1.51. The molecule has 2 aromatic carbocycles. The van der Waals surface area contributed by atoms with Gasteiger partial charge in [0.15, 0.2) is 11.5 Å². The lowest BCUT2D eigenvalue weighted by atomic mass is 9.75. The summed E-state index contributed by atoms with van der Waals surface area (Å²) < 4.78 is 25.1. The number of nitrogens with one attached hydrogen (secondary N) is 1. The van der Waals surface area contributed by atoms with Crippen LogP contribution >= 0.6 is 0 Å². The number of carbonyl (C=O) groups is 3. The lowest BCUT2D eigenvalue weighted by molar-refractivity contribution is -0.135. The Labute approximate surface area is 181 Å². The predicted octanol–water partition coefficient (Wildman–Crippen LogP) is 1.99. The summed E-state index contributed by atoms with van der Waals surface area (Å²) in [4.78, 5) is 44.2. The van der Waals surface area contributed by atoms with E-state index in [0.717, 1.165) is 6.42 Å². The van der Waals surface area contributed by atoms with Gasteiger partial charge in [0.2, 0.25) is 24.5 Å². The third-order valence-corrected chi connectivity index (χ3v) is 7.57. The average molecular weight is 435 g/mol. The number of ether oxygens (including phenoxy) is 2. The number of benzene rings is 2. The minimum absolute atomic E-state index is 0.0780. The minimum Gasteiger partial charge on any atom is -0.454 e. The van der Waals surface area contributed by atoms with Crippen LogP contribution in [0.15, 0.2) is 36.4 Å². The molecule has 3 fully saturated rings. The topological polar surface area (TPSA) is 88.2 Å². The number of fused-ring (bicyclic) bond motifs is 8. The zero-order valence-corrected chi connectivity index (χ0v) is 16.8. The Bertz CT molecular complexity index is 1250. The van der Waals surface area contributed by atoms with Crippen LogP contribution < -0.4 is 19.7 Å². The van der Waals surface area contributed by atoms with Crippen LogP contribution in [-0.2, 0) is 19.9 Å². The molecular formula is C23H18FN3O5. The number of rotatable bonds is 1. The summed E-state index contributed by atoms with van der Waals surface area (Å²) in [6.45, 7) is 0.653. The van der Waals surface area contributed by atoms with Crippen molar-refractivity contribution in [2.75, 3.05) is 23.6 Å². The van der Waals surface area contributed by atoms with E-state index in [0.29, 0.717) is 41.4 Å². The third-order valence-electron chi connectivity index (χ3n) is 7.57. The highest BCUT2D eigenvalue weighted by Gasteiger charge is 2.74. The van der Waals surface area contributed by atoms with Gasteiger partial charge >= 0.3 is 0 Å². The Morgan fingerprint density at radius 1 is 1.03 bits per heavy atom. The molecule has 7 rings (SSSR count). The minimum atomic E-state index is -1.39. The molecule has 3 amide bonds. The second-order valence-electron chi connectivity index (χ2n) is 8.87. The van der Waals surface area contributed by atoms with Gasteiger partial charge in [-0.05, 0) is 49.7 Å². The number of carbonyl (C=O) groups excluding carboxylic acids is 3. The van der Waals surface area contributed by atoms with E-state index in [1.165, 1.54) is 23.1 Å². The molecule has 1 spiro atoms. The Balaban J connectivity index is 1.41. The number of hydrogen-bond donors (Lipinski definition) is 1. The molecule has 5 heterocycles. The molecule has 162 valence electrons. The normalized spacial score (nSPS) is 32.0.